The van der Waals surface area contributed by atoms with E-state index in [1.54, 1.807) is 0 Å². The maximum atomic E-state index is 8.63. The van der Waals surface area contributed by atoms with Crippen LogP contribution in [0.4, 0.5) is 0 Å². The van der Waals surface area contributed by atoms with Gasteiger partial charge in [0.2, 0.25) is 10.4 Å². The van der Waals surface area contributed by atoms with Crippen molar-refractivity contribution in [2.24, 2.45) is 0 Å². The molecule has 8 heavy (non-hydrogen) atoms. The smallest absolute Gasteiger partial charge is 0.726 e. The van der Waals surface area contributed by atoms with Crippen molar-refractivity contribution in [3.05, 3.63) is 0 Å². The molecule has 0 unspecified atom stereocenters. The third kappa shape index (κ3) is 1240. The summed E-state index contributed by atoms with van der Waals surface area (Å²) < 4.78 is 32.8. The minimum absolute atomic E-state index is 0. The van der Waals surface area contributed by atoms with Gasteiger partial charge in [-0.05, 0) is 0 Å². The molecule has 0 rings (SSSR count). The van der Waals surface area contributed by atoms with Crippen molar-refractivity contribution < 1.29 is 41.9 Å². The third-order valence-electron chi connectivity index (χ3n) is 0. The molecule has 0 saturated heterocycles. The molecule has 8 heteroatoms. The molecule has 0 aliphatic carbocycles. The predicted octanol–water partition coefficient (Wildman–Crippen LogP) is -4.65. The average molecular weight is 139 g/mol. The summed E-state index contributed by atoms with van der Waals surface area (Å²) in [5.41, 5.74) is 0. The van der Waals surface area contributed by atoms with Crippen molar-refractivity contribution in [2.45, 2.75) is 0 Å². The van der Waals surface area contributed by atoms with Crippen molar-refractivity contribution in [3.8, 4) is 0 Å². The van der Waals surface area contributed by atoms with Gasteiger partial charge in [0.25, 0.3) is 0 Å². The van der Waals surface area contributed by atoms with E-state index >= 15 is 0 Å². The third-order valence-corrected chi connectivity index (χ3v) is 0. The summed E-state index contributed by atoms with van der Waals surface area (Å²) in [5.74, 6) is 0. The van der Waals surface area contributed by atoms with E-state index in [2.05, 4.69) is 0 Å². The van der Waals surface area contributed by atoms with Gasteiger partial charge in [0.15, 0.2) is 0 Å². The van der Waals surface area contributed by atoms with Crippen LogP contribution in [0, 0.1) is 0 Å². The molecule has 0 aromatic carbocycles. The zero-order valence-corrected chi connectivity index (χ0v) is 5.10. The van der Waals surface area contributed by atoms with Crippen LogP contribution < -0.4 is 25.0 Å². The number of hydrogen-bond donors (Lipinski definition) is 2. The fourth-order valence-electron chi connectivity index (χ4n) is 0. The first-order chi connectivity index (χ1) is 2.00. The van der Waals surface area contributed by atoms with Crippen LogP contribution >= 0.6 is 0 Å². The summed E-state index contributed by atoms with van der Waals surface area (Å²) in [6.45, 7) is 0. The van der Waals surface area contributed by atoms with E-state index in [-0.39, 0.29) is 30.5 Å². The van der Waals surface area contributed by atoms with E-state index < -0.39 is 10.4 Å². The van der Waals surface area contributed by atoms with Crippen molar-refractivity contribution in [1.82, 2.24) is 6.15 Å². The van der Waals surface area contributed by atoms with Crippen LogP contribution in [0.5, 0.6) is 0 Å². The standard InChI is InChI=1S/Li.H3N.H2O4S.H2O/c;;1-5(2,3)4;/h;1H3;(H2,1,2,3,4);1H2/q+1;;;/p-1. The second-order valence-corrected chi connectivity index (χ2v) is 1.28. The Morgan fingerprint density at radius 2 is 1.38 bits per heavy atom. The van der Waals surface area contributed by atoms with Crippen molar-refractivity contribution in [2.75, 3.05) is 0 Å². The van der Waals surface area contributed by atoms with Gasteiger partial charge in [0, 0.05) is 0 Å². The van der Waals surface area contributed by atoms with E-state index in [1.165, 1.54) is 0 Å². The summed E-state index contributed by atoms with van der Waals surface area (Å²) >= 11 is 0. The zero-order valence-electron chi connectivity index (χ0n) is 4.29. The minimum Gasteiger partial charge on any atom is -0.726 e. The Kier molecular flexibility index (Phi) is 22.0. The van der Waals surface area contributed by atoms with Crippen LogP contribution in [0.15, 0.2) is 0 Å². The average Bonchev–Trinajstić information content (AvgIpc) is 0.722. The quantitative estimate of drug-likeness (QED) is 0.197. The molecular weight excluding hydrogens is 133 g/mol. The van der Waals surface area contributed by atoms with Gasteiger partial charge in [-0.3, -0.25) is 4.55 Å². The maximum absolute atomic E-state index is 8.63. The van der Waals surface area contributed by atoms with Crippen LogP contribution in [-0.4, -0.2) is 23.0 Å². The van der Waals surface area contributed by atoms with Crippen LogP contribution in [-0.2, 0) is 10.4 Å². The van der Waals surface area contributed by atoms with Gasteiger partial charge >= 0.3 is 18.9 Å². The molecule has 6 nitrogen and oxygen atoms in total. The molecule has 0 aliphatic rings. The first-order valence-electron chi connectivity index (χ1n) is 0.683. The Labute approximate surface area is 58.9 Å². The molecule has 0 spiro atoms. The Balaban J connectivity index is -0.0000000267. The second kappa shape index (κ2) is 7.39. The molecule has 0 aromatic heterocycles. The molecule has 0 bridgehead atoms. The van der Waals surface area contributed by atoms with Crippen LogP contribution in [0.2, 0.25) is 0 Å². The Morgan fingerprint density at radius 1 is 1.38 bits per heavy atom. The molecule has 0 aliphatic heterocycles. The number of hydrogen-bond acceptors (Lipinski definition) is 4. The van der Waals surface area contributed by atoms with Gasteiger partial charge in [0.05, 0.1) is 0 Å². The molecular formula is H6LiNO5S. The van der Waals surface area contributed by atoms with E-state index in [1.807, 2.05) is 0 Å². The molecule has 0 saturated carbocycles. The Hall–Kier alpha value is 0.387. The van der Waals surface area contributed by atoms with Gasteiger partial charge in [0.1, 0.15) is 0 Å². The summed E-state index contributed by atoms with van der Waals surface area (Å²) in [5, 5.41) is 0. The van der Waals surface area contributed by atoms with Gasteiger partial charge in [-0.25, -0.2) is 8.42 Å². The first-order valence-corrected chi connectivity index (χ1v) is 2.05. The summed E-state index contributed by atoms with van der Waals surface area (Å²) in [4.78, 5) is 0. The van der Waals surface area contributed by atoms with Crippen molar-refractivity contribution in [3.63, 3.8) is 0 Å². The van der Waals surface area contributed by atoms with Crippen LogP contribution in [0.25, 0.3) is 0 Å². The number of rotatable bonds is 0. The van der Waals surface area contributed by atoms with Gasteiger partial charge in [-0.1, -0.05) is 0 Å². The van der Waals surface area contributed by atoms with Crippen LogP contribution in [0.3, 0.4) is 0 Å². The van der Waals surface area contributed by atoms with Gasteiger partial charge in [-0.2, -0.15) is 0 Å². The largest absolute Gasteiger partial charge is 1.00 e. The molecule has 0 aromatic rings. The molecule has 0 amide bonds. The molecule has 0 heterocycles. The molecule has 0 atom stereocenters. The van der Waals surface area contributed by atoms with E-state index in [4.69, 9.17) is 17.5 Å². The molecule has 6 N–H and O–H groups in total. The molecule has 0 fully saturated rings. The minimum atomic E-state index is -4.92. The fraction of sp³-hybridized carbons (Fsp3) is 0. The Bertz CT molecular complexity index is 95.6. The van der Waals surface area contributed by atoms with Gasteiger partial charge in [-0.15, -0.1) is 0 Å². The molecule has 0 radical (unpaired) electrons. The molecule has 48 valence electrons. The normalized spacial score (nSPS) is 7.25. The van der Waals surface area contributed by atoms with Gasteiger partial charge < -0.3 is 16.2 Å². The van der Waals surface area contributed by atoms with Crippen LogP contribution in [0.1, 0.15) is 0 Å². The van der Waals surface area contributed by atoms with Crippen molar-refractivity contribution >= 4 is 10.4 Å². The van der Waals surface area contributed by atoms with E-state index in [0.29, 0.717) is 0 Å². The van der Waals surface area contributed by atoms with Crippen molar-refractivity contribution in [1.29, 1.82) is 0 Å². The monoisotopic (exact) mass is 139 g/mol. The predicted molar refractivity (Wildman–Crippen MR) is 21.0 cm³/mol. The van der Waals surface area contributed by atoms with E-state index in [9.17, 15) is 0 Å². The SMILES string of the molecule is N.O.O=S(=O)([O-])O.[Li+]. The summed E-state index contributed by atoms with van der Waals surface area (Å²) in [7, 11) is -4.92. The zero-order chi connectivity index (χ0) is 4.50. The first kappa shape index (κ1) is 23.8. The Morgan fingerprint density at radius 3 is 1.38 bits per heavy atom. The van der Waals surface area contributed by atoms with E-state index in [0.717, 1.165) is 0 Å². The summed E-state index contributed by atoms with van der Waals surface area (Å²) in [6, 6.07) is 0. The maximum Gasteiger partial charge on any atom is 1.00 e. The second-order valence-electron chi connectivity index (χ2n) is 0.428. The fourth-order valence-corrected chi connectivity index (χ4v) is 0. The topological polar surface area (TPSA) is 144 Å². The summed E-state index contributed by atoms with van der Waals surface area (Å²) in [6.07, 6.45) is 0.